The minimum absolute atomic E-state index is 0.194. The molecule has 0 unspecified atom stereocenters. The van der Waals surface area contributed by atoms with Crippen molar-refractivity contribution in [1.82, 2.24) is 0 Å². The zero-order valence-electron chi connectivity index (χ0n) is 12.6. The van der Waals surface area contributed by atoms with Gasteiger partial charge in [-0.1, -0.05) is 24.3 Å². The molecule has 0 saturated heterocycles. The van der Waals surface area contributed by atoms with Crippen molar-refractivity contribution in [2.45, 2.75) is 32.8 Å². The van der Waals surface area contributed by atoms with Gasteiger partial charge in [0.25, 0.3) is 0 Å². The number of rotatable bonds is 1. The molecule has 0 N–H and O–H groups in total. The van der Waals surface area contributed by atoms with Gasteiger partial charge in [0.05, 0.1) is 0 Å². The van der Waals surface area contributed by atoms with Crippen LogP contribution in [0.4, 0.5) is 4.39 Å². The normalized spacial score (nSPS) is 21.9. The van der Waals surface area contributed by atoms with Gasteiger partial charge in [0.2, 0.25) is 0 Å². The average Bonchev–Trinajstić information content (AvgIpc) is 2.39. The SMILES string of the molecule is CC1=CC(C)(C)OC2=C1C(=Cc1ccccc1F)CC=C2. The zero-order valence-corrected chi connectivity index (χ0v) is 12.6. The first-order valence-electron chi connectivity index (χ1n) is 7.21. The molecular weight excluding hydrogens is 263 g/mol. The number of halogens is 1. The molecule has 1 aliphatic carbocycles. The summed E-state index contributed by atoms with van der Waals surface area (Å²) in [6, 6.07) is 6.85. The van der Waals surface area contributed by atoms with Crippen molar-refractivity contribution >= 4 is 6.08 Å². The Morgan fingerprint density at radius 2 is 2.00 bits per heavy atom. The van der Waals surface area contributed by atoms with Crippen LogP contribution in [0.2, 0.25) is 0 Å². The molecule has 1 aromatic rings. The van der Waals surface area contributed by atoms with Crippen molar-refractivity contribution < 1.29 is 9.13 Å². The third kappa shape index (κ3) is 2.71. The molecular formula is C19H19FO. The molecule has 3 rings (SSSR count). The molecule has 0 aromatic heterocycles. The van der Waals surface area contributed by atoms with E-state index in [0.717, 1.165) is 23.3 Å². The summed E-state index contributed by atoms with van der Waals surface area (Å²) in [5.74, 6) is 0.689. The lowest BCUT2D eigenvalue weighted by molar-refractivity contribution is 0.0797. The fourth-order valence-electron chi connectivity index (χ4n) is 2.99. The van der Waals surface area contributed by atoms with Crippen LogP contribution in [-0.4, -0.2) is 5.60 Å². The molecule has 0 spiro atoms. The standard InChI is InChI=1S/C19H19FO/c1-13-12-19(2,3)21-17-10-6-8-15(18(13)17)11-14-7-4-5-9-16(14)20/h4-7,9-12H,8H2,1-3H3. The van der Waals surface area contributed by atoms with Crippen LogP contribution in [-0.2, 0) is 4.74 Å². The van der Waals surface area contributed by atoms with Crippen molar-refractivity contribution in [2.24, 2.45) is 0 Å². The van der Waals surface area contributed by atoms with Crippen LogP contribution in [0.5, 0.6) is 0 Å². The Hall–Kier alpha value is -2.09. The Balaban J connectivity index is 2.07. The first kappa shape index (κ1) is 13.9. The summed E-state index contributed by atoms with van der Waals surface area (Å²) in [6.07, 6.45) is 8.93. The number of benzene rings is 1. The third-order valence-corrected chi connectivity index (χ3v) is 3.74. The summed E-state index contributed by atoms with van der Waals surface area (Å²) in [5.41, 5.74) is 3.70. The molecule has 1 heterocycles. The minimum atomic E-state index is -0.298. The first-order valence-corrected chi connectivity index (χ1v) is 7.21. The van der Waals surface area contributed by atoms with Crippen molar-refractivity contribution in [3.63, 3.8) is 0 Å². The van der Waals surface area contributed by atoms with E-state index in [4.69, 9.17) is 4.74 Å². The van der Waals surface area contributed by atoms with Crippen molar-refractivity contribution in [1.29, 1.82) is 0 Å². The number of hydrogen-bond donors (Lipinski definition) is 0. The van der Waals surface area contributed by atoms with Gasteiger partial charge >= 0.3 is 0 Å². The van der Waals surface area contributed by atoms with Gasteiger partial charge in [-0.2, -0.15) is 0 Å². The average molecular weight is 282 g/mol. The van der Waals surface area contributed by atoms with E-state index in [-0.39, 0.29) is 11.4 Å². The molecule has 0 radical (unpaired) electrons. The minimum Gasteiger partial charge on any atom is -0.483 e. The quantitative estimate of drug-likeness (QED) is 0.689. The second-order valence-corrected chi connectivity index (χ2v) is 6.07. The lowest BCUT2D eigenvalue weighted by Gasteiger charge is -2.33. The van der Waals surface area contributed by atoms with Gasteiger partial charge in [0.1, 0.15) is 17.2 Å². The third-order valence-electron chi connectivity index (χ3n) is 3.74. The van der Waals surface area contributed by atoms with Crippen LogP contribution in [0.3, 0.4) is 0 Å². The highest BCUT2D eigenvalue weighted by atomic mass is 19.1. The zero-order chi connectivity index (χ0) is 15.0. The van der Waals surface area contributed by atoms with Gasteiger partial charge in [0.15, 0.2) is 0 Å². The molecule has 0 amide bonds. The maximum Gasteiger partial charge on any atom is 0.130 e. The van der Waals surface area contributed by atoms with Crippen LogP contribution < -0.4 is 0 Å². The van der Waals surface area contributed by atoms with Gasteiger partial charge in [-0.05, 0) is 62.6 Å². The fourth-order valence-corrected chi connectivity index (χ4v) is 2.99. The molecule has 1 nitrogen and oxygen atoms in total. The van der Waals surface area contributed by atoms with Crippen LogP contribution >= 0.6 is 0 Å². The smallest absolute Gasteiger partial charge is 0.130 e. The maximum absolute atomic E-state index is 13.9. The summed E-state index contributed by atoms with van der Waals surface area (Å²) in [5, 5.41) is 0. The predicted molar refractivity (Wildman–Crippen MR) is 84.1 cm³/mol. The summed E-state index contributed by atoms with van der Waals surface area (Å²) >= 11 is 0. The largest absolute Gasteiger partial charge is 0.483 e. The molecule has 0 atom stereocenters. The number of allylic oxidation sites excluding steroid dienone is 5. The number of ether oxygens (including phenoxy) is 1. The number of hydrogen-bond acceptors (Lipinski definition) is 1. The first-order chi connectivity index (χ1) is 9.96. The van der Waals surface area contributed by atoms with Crippen LogP contribution in [0, 0.1) is 5.82 Å². The summed E-state index contributed by atoms with van der Waals surface area (Å²) < 4.78 is 19.9. The van der Waals surface area contributed by atoms with Gasteiger partial charge in [-0.15, -0.1) is 0 Å². The summed E-state index contributed by atoms with van der Waals surface area (Å²) in [6.45, 7) is 6.18. The monoisotopic (exact) mass is 282 g/mol. The second-order valence-electron chi connectivity index (χ2n) is 6.07. The van der Waals surface area contributed by atoms with Crippen LogP contribution in [0.25, 0.3) is 6.08 Å². The van der Waals surface area contributed by atoms with Gasteiger partial charge in [0, 0.05) is 11.1 Å². The van der Waals surface area contributed by atoms with Gasteiger partial charge < -0.3 is 4.74 Å². The van der Waals surface area contributed by atoms with Crippen LogP contribution in [0.1, 0.15) is 32.8 Å². The Morgan fingerprint density at radius 3 is 2.76 bits per heavy atom. The van der Waals surface area contributed by atoms with E-state index in [2.05, 4.69) is 19.1 Å². The van der Waals surface area contributed by atoms with E-state index < -0.39 is 0 Å². The van der Waals surface area contributed by atoms with Gasteiger partial charge in [-0.3, -0.25) is 0 Å². The van der Waals surface area contributed by atoms with E-state index in [0.29, 0.717) is 5.56 Å². The fraction of sp³-hybridized carbons (Fsp3) is 0.263. The molecule has 108 valence electrons. The molecule has 1 aliphatic heterocycles. The summed E-state index contributed by atoms with van der Waals surface area (Å²) in [7, 11) is 0. The second kappa shape index (κ2) is 5.03. The Morgan fingerprint density at radius 1 is 1.24 bits per heavy atom. The van der Waals surface area contributed by atoms with E-state index in [1.165, 1.54) is 11.6 Å². The maximum atomic E-state index is 13.9. The van der Waals surface area contributed by atoms with Crippen molar-refractivity contribution in [2.75, 3.05) is 0 Å². The van der Waals surface area contributed by atoms with E-state index in [9.17, 15) is 4.39 Å². The van der Waals surface area contributed by atoms with Crippen LogP contribution in [0.15, 0.2) is 65.0 Å². The molecule has 0 saturated carbocycles. The van der Waals surface area contributed by atoms with Crippen molar-refractivity contribution in [3.8, 4) is 0 Å². The molecule has 1 aromatic carbocycles. The highest BCUT2D eigenvalue weighted by molar-refractivity contribution is 5.66. The summed E-state index contributed by atoms with van der Waals surface area (Å²) in [4.78, 5) is 0. The lowest BCUT2D eigenvalue weighted by Crippen LogP contribution is -2.26. The highest BCUT2D eigenvalue weighted by Crippen LogP contribution is 2.39. The Kier molecular flexibility index (Phi) is 3.32. The molecule has 2 heteroatoms. The Labute approximate surface area is 125 Å². The predicted octanol–water partition coefficient (Wildman–Crippen LogP) is 5.18. The molecule has 0 bridgehead atoms. The molecule has 2 aliphatic rings. The highest BCUT2D eigenvalue weighted by Gasteiger charge is 2.28. The topological polar surface area (TPSA) is 9.23 Å². The molecule has 21 heavy (non-hydrogen) atoms. The van der Waals surface area contributed by atoms with E-state index in [1.54, 1.807) is 12.1 Å². The van der Waals surface area contributed by atoms with E-state index in [1.807, 2.05) is 32.1 Å². The molecule has 0 fully saturated rings. The van der Waals surface area contributed by atoms with E-state index >= 15 is 0 Å². The Bertz CT molecular complexity index is 702. The van der Waals surface area contributed by atoms with Gasteiger partial charge in [-0.25, -0.2) is 4.39 Å². The van der Waals surface area contributed by atoms with Crippen molar-refractivity contribution in [3.05, 3.63) is 76.4 Å². The lowest BCUT2D eigenvalue weighted by atomic mass is 9.86.